The lowest BCUT2D eigenvalue weighted by Gasteiger charge is -2.07. The maximum Gasteiger partial charge on any atom is 0.291 e. The highest BCUT2D eigenvalue weighted by molar-refractivity contribution is 6.02. The van der Waals surface area contributed by atoms with Gasteiger partial charge in [0, 0.05) is 12.4 Å². The Morgan fingerprint density at radius 1 is 1.07 bits per heavy atom. The van der Waals surface area contributed by atoms with Crippen molar-refractivity contribution >= 4 is 11.6 Å². The molecule has 0 saturated carbocycles. The Labute approximate surface area is 169 Å². The van der Waals surface area contributed by atoms with E-state index in [1.807, 2.05) is 30.8 Å². The highest BCUT2D eigenvalue weighted by atomic mass is 16.4. The molecular formula is C22H23N5O2. The second-order valence-electron chi connectivity index (χ2n) is 7.11. The summed E-state index contributed by atoms with van der Waals surface area (Å²) in [5.41, 5.74) is 4.77. The van der Waals surface area contributed by atoms with Crippen LogP contribution in [0.25, 0.3) is 0 Å². The lowest BCUT2D eigenvalue weighted by molar-refractivity contribution is 0.0994. The number of aromatic nitrogens is 4. The van der Waals surface area contributed by atoms with Gasteiger partial charge >= 0.3 is 0 Å². The van der Waals surface area contributed by atoms with Crippen LogP contribution in [0.4, 0.5) is 5.69 Å². The minimum absolute atomic E-state index is 0.261. The van der Waals surface area contributed by atoms with E-state index in [1.165, 1.54) is 5.56 Å². The quantitative estimate of drug-likeness (QED) is 0.542. The van der Waals surface area contributed by atoms with Crippen molar-refractivity contribution in [3.63, 3.8) is 0 Å². The average molecular weight is 389 g/mol. The lowest BCUT2D eigenvalue weighted by atomic mass is 10.1. The molecule has 1 N–H and O–H groups in total. The van der Waals surface area contributed by atoms with Gasteiger partial charge in [-0.2, -0.15) is 10.2 Å². The molecule has 7 heteroatoms. The molecule has 148 valence electrons. The predicted octanol–water partition coefficient (Wildman–Crippen LogP) is 3.95. The fourth-order valence-electron chi connectivity index (χ4n) is 3.21. The second-order valence-corrected chi connectivity index (χ2v) is 7.11. The topological polar surface area (TPSA) is 77.9 Å². The summed E-state index contributed by atoms with van der Waals surface area (Å²) in [6, 6.07) is 13.7. The number of carbonyl (C=O) groups is 1. The Balaban J connectivity index is 1.47. The second kappa shape index (κ2) is 7.79. The molecule has 4 aromatic rings. The summed E-state index contributed by atoms with van der Waals surface area (Å²) >= 11 is 0. The van der Waals surface area contributed by atoms with E-state index in [2.05, 4.69) is 46.7 Å². The molecule has 0 spiro atoms. The SMILES string of the molecule is Cc1ccc(Cn2nc(C)c(NC(=O)c3ccc(Cn4cccn4)o3)c2C)cc1. The van der Waals surface area contributed by atoms with Gasteiger partial charge in [-0.15, -0.1) is 0 Å². The van der Waals surface area contributed by atoms with Gasteiger partial charge in [-0.25, -0.2) is 0 Å². The van der Waals surface area contributed by atoms with E-state index in [1.54, 1.807) is 23.0 Å². The van der Waals surface area contributed by atoms with Crippen molar-refractivity contribution in [3.05, 3.63) is 88.9 Å². The molecule has 3 aromatic heterocycles. The van der Waals surface area contributed by atoms with Crippen molar-refractivity contribution in [2.45, 2.75) is 33.9 Å². The van der Waals surface area contributed by atoms with Crippen LogP contribution in [0.2, 0.25) is 0 Å². The summed E-state index contributed by atoms with van der Waals surface area (Å²) in [7, 11) is 0. The summed E-state index contributed by atoms with van der Waals surface area (Å²) in [5.74, 6) is 0.636. The number of furan rings is 1. The van der Waals surface area contributed by atoms with Gasteiger partial charge < -0.3 is 9.73 Å². The van der Waals surface area contributed by atoms with Gasteiger partial charge in [0.05, 0.1) is 30.2 Å². The third-order valence-electron chi connectivity index (χ3n) is 4.84. The minimum Gasteiger partial charge on any atom is -0.454 e. The first-order valence-corrected chi connectivity index (χ1v) is 9.46. The lowest BCUT2D eigenvalue weighted by Crippen LogP contribution is -2.12. The summed E-state index contributed by atoms with van der Waals surface area (Å²) in [6.45, 7) is 7.04. The van der Waals surface area contributed by atoms with Gasteiger partial charge in [0.25, 0.3) is 5.91 Å². The Morgan fingerprint density at radius 2 is 1.86 bits per heavy atom. The summed E-state index contributed by atoms with van der Waals surface area (Å²) in [4.78, 5) is 12.7. The standard InChI is InChI=1S/C22H23N5O2/c1-15-5-7-18(8-6-15)13-27-17(3)21(16(2)25-27)24-22(28)20-10-9-19(29-20)14-26-12-4-11-23-26/h4-12H,13-14H2,1-3H3,(H,24,28). The van der Waals surface area contributed by atoms with Gasteiger partial charge in [0.1, 0.15) is 5.76 Å². The van der Waals surface area contributed by atoms with E-state index in [-0.39, 0.29) is 11.7 Å². The van der Waals surface area contributed by atoms with Crippen molar-refractivity contribution in [1.29, 1.82) is 0 Å². The maximum atomic E-state index is 12.7. The number of benzene rings is 1. The van der Waals surface area contributed by atoms with Crippen molar-refractivity contribution < 1.29 is 9.21 Å². The summed E-state index contributed by atoms with van der Waals surface area (Å²) in [5, 5.41) is 11.7. The first-order valence-electron chi connectivity index (χ1n) is 9.46. The summed E-state index contributed by atoms with van der Waals surface area (Å²) in [6.07, 6.45) is 3.55. The largest absolute Gasteiger partial charge is 0.454 e. The Morgan fingerprint density at radius 3 is 2.59 bits per heavy atom. The third-order valence-corrected chi connectivity index (χ3v) is 4.84. The molecule has 0 saturated heterocycles. The highest BCUT2D eigenvalue weighted by Gasteiger charge is 2.18. The molecule has 0 atom stereocenters. The molecule has 0 unspecified atom stereocenters. The molecule has 7 nitrogen and oxygen atoms in total. The number of aryl methyl sites for hydroxylation is 2. The van der Waals surface area contributed by atoms with Crippen LogP contribution in [0.5, 0.6) is 0 Å². The van der Waals surface area contributed by atoms with Gasteiger partial charge in [0.15, 0.2) is 5.76 Å². The average Bonchev–Trinajstić information content (AvgIpc) is 3.43. The molecule has 1 aromatic carbocycles. The third kappa shape index (κ3) is 4.13. The van der Waals surface area contributed by atoms with Crippen molar-refractivity contribution in [3.8, 4) is 0 Å². The molecular weight excluding hydrogens is 366 g/mol. The van der Waals surface area contributed by atoms with E-state index in [0.717, 1.165) is 17.0 Å². The van der Waals surface area contributed by atoms with Crippen LogP contribution in [0.1, 0.15) is 38.8 Å². The van der Waals surface area contributed by atoms with Crippen LogP contribution in [0, 0.1) is 20.8 Å². The van der Waals surface area contributed by atoms with Gasteiger partial charge in [-0.05, 0) is 44.5 Å². The van der Waals surface area contributed by atoms with Gasteiger partial charge in [0.2, 0.25) is 0 Å². The zero-order valence-corrected chi connectivity index (χ0v) is 16.7. The van der Waals surface area contributed by atoms with E-state index in [4.69, 9.17) is 4.42 Å². The number of amides is 1. The Kier molecular flexibility index (Phi) is 5.03. The van der Waals surface area contributed by atoms with Crippen LogP contribution in [0.15, 0.2) is 59.3 Å². The Bertz CT molecular complexity index is 1120. The molecule has 29 heavy (non-hydrogen) atoms. The van der Waals surface area contributed by atoms with E-state index >= 15 is 0 Å². The van der Waals surface area contributed by atoms with E-state index < -0.39 is 0 Å². The fourth-order valence-corrected chi connectivity index (χ4v) is 3.21. The van der Waals surface area contributed by atoms with Crippen LogP contribution in [0.3, 0.4) is 0 Å². The van der Waals surface area contributed by atoms with E-state index in [0.29, 0.717) is 24.5 Å². The first-order chi connectivity index (χ1) is 14.0. The molecule has 4 rings (SSSR count). The molecule has 0 bridgehead atoms. The van der Waals surface area contributed by atoms with Gasteiger partial charge in [-0.3, -0.25) is 14.2 Å². The molecule has 0 aliphatic rings. The van der Waals surface area contributed by atoms with Crippen molar-refractivity contribution in [2.75, 3.05) is 5.32 Å². The van der Waals surface area contributed by atoms with Gasteiger partial charge in [-0.1, -0.05) is 29.8 Å². The normalized spacial score (nSPS) is 11.0. The smallest absolute Gasteiger partial charge is 0.291 e. The molecule has 0 radical (unpaired) electrons. The molecule has 1 amide bonds. The molecule has 0 aliphatic carbocycles. The minimum atomic E-state index is -0.294. The zero-order chi connectivity index (χ0) is 20.4. The van der Waals surface area contributed by atoms with Crippen LogP contribution >= 0.6 is 0 Å². The monoisotopic (exact) mass is 389 g/mol. The number of hydrogen-bond acceptors (Lipinski definition) is 4. The number of carbonyl (C=O) groups excluding carboxylic acids is 1. The van der Waals surface area contributed by atoms with Crippen LogP contribution in [-0.2, 0) is 13.1 Å². The summed E-state index contributed by atoms with van der Waals surface area (Å²) < 4.78 is 9.33. The van der Waals surface area contributed by atoms with Crippen LogP contribution < -0.4 is 5.32 Å². The van der Waals surface area contributed by atoms with E-state index in [9.17, 15) is 4.79 Å². The number of rotatable bonds is 6. The van der Waals surface area contributed by atoms with Crippen molar-refractivity contribution in [1.82, 2.24) is 19.6 Å². The first kappa shape index (κ1) is 18.7. The maximum absolute atomic E-state index is 12.7. The molecule has 3 heterocycles. The number of anilines is 1. The van der Waals surface area contributed by atoms with Crippen molar-refractivity contribution in [2.24, 2.45) is 0 Å². The number of nitrogens with zero attached hydrogens (tertiary/aromatic N) is 4. The predicted molar refractivity (Wildman–Crippen MR) is 110 cm³/mol. The highest BCUT2D eigenvalue weighted by Crippen LogP contribution is 2.22. The number of hydrogen-bond donors (Lipinski definition) is 1. The zero-order valence-electron chi connectivity index (χ0n) is 16.7. The van der Waals surface area contributed by atoms with Crippen LogP contribution in [-0.4, -0.2) is 25.5 Å². The Hall–Kier alpha value is -3.61. The number of nitrogens with one attached hydrogen (secondary N) is 1. The molecule has 0 aliphatic heterocycles. The fraction of sp³-hybridized carbons (Fsp3) is 0.227. The molecule has 0 fully saturated rings.